The zero-order valence-electron chi connectivity index (χ0n) is 12.9. The van der Waals surface area contributed by atoms with Crippen LogP contribution in [0.15, 0.2) is 48.8 Å². The van der Waals surface area contributed by atoms with Gasteiger partial charge in [-0.2, -0.15) is 0 Å². The number of hydrogen-bond donors (Lipinski definition) is 1. The summed E-state index contributed by atoms with van der Waals surface area (Å²) in [5.41, 5.74) is 1.74. The molecule has 120 valence electrons. The summed E-state index contributed by atoms with van der Waals surface area (Å²) in [5.74, 6) is -0.0531. The number of benzene rings is 1. The Morgan fingerprint density at radius 2 is 2.17 bits per heavy atom. The summed E-state index contributed by atoms with van der Waals surface area (Å²) in [5, 5.41) is 3.91. The molecule has 2 heterocycles. The molecule has 23 heavy (non-hydrogen) atoms. The Morgan fingerprint density at radius 3 is 2.96 bits per heavy atom. The topological polar surface area (TPSA) is 45.2 Å². The third-order valence-corrected chi connectivity index (χ3v) is 4.48. The van der Waals surface area contributed by atoms with Crippen molar-refractivity contribution in [1.82, 2.24) is 15.2 Å². The van der Waals surface area contributed by atoms with Gasteiger partial charge in [-0.3, -0.25) is 14.7 Å². The largest absolute Gasteiger partial charge is 0.348 e. The molecule has 1 N–H and O–H groups in total. The van der Waals surface area contributed by atoms with Crippen LogP contribution in [-0.4, -0.2) is 34.9 Å². The SMILES string of the molecule is O=C(NC1CCCN(Cc2ccccc2Cl)C1)c1cccnc1. The number of likely N-dealkylation sites (tertiary alicyclic amines) is 1. The predicted molar refractivity (Wildman–Crippen MR) is 91.5 cm³/mol. The molecular weight excluding hydrogens is 310 g/mol. The zero-order valence-corrected chi connectivity index (χ0v) is 13.7. The van der Waals surface area contributed by atoms with Crippen LogP contribution in [0, 0.1) is 0 Å². The van der Waals surface area contributed by atoms with Crippen LogP contribution < -0.4 is 5.32 Å². The number of nitrogens with zero attached hydrogens (tertiary/aromatic N) is 2. The van der Waals surface area contributed by atoms with Crippen molar-refractivity contribution >= 4 is 17.5 Å². The van der Waals surface area contributed by atoms with Gasteiger partial charge in [0, 0.05) is 36.5 Å². The van der Waals surface area contributed by atoms with Crippen LogP contribution in [0.1, 0.15) is 28.8 Å². The molecule has 1 aromatic heterocycles. The Bertz CT molecular complexity index is 662. The number of piperidine rings is 1. The van der Waals surface area contributed by atoms with E-state index in [1.807, 2.05) is 18.2 Å². The van der Waals surface area contributed by atoms with Gasteiger partial charge in [0.05, 0.1) is 5.56 Å². The number of carbonyl (C=O) groups is 1. The molecule has 1 saturated heterocycles. The molecule has 0 spiro atoms. The minimum Gasteiger partial charge on any atom is -0.348 e. The average molecular weight is 330 g/mol. The van der Waals surface area contributed by atoms with Crippen molar-refractivity contribution < 1.29 is 4.79 Å². The number of amides is 1. The minimum atomic E-state index is -0.0531. The Hall–Kier alpha value is -1.91. The van der Waals surface area contributed by atoms with Gasteiger partial charge in [-0.05, 0) is 43.1 Å². The quantitative estimate of drug-likeness (QED) is 0.937. The Morgan fingerprint density at radius 1 is 1.30 bits per heavy atom. The maximum absolute atomic E-state index is 12.2. The molecule has 1 aliphatic rings. The normalized spacial score (nSPS) is 18.6. The highest BCUT2D eigenvalue weighted by Gasteiger charge is 2.22. The molecule has 1 aliphatic heterocycles. The summed E-state index contributed by atoms with van der Waals surface area (Å²) < 4.78 is 0. The highest BCUT2D eigenvalue weighted by atomic mass is 35.5. The Kier molecular flexibility index (Phi) is 5.26. The molecule has 1 fully saturated rings. The van der Waals surface area contributed by atoms with Crippen LogP contribution in [0.3, 0.4) is 0 Å². The van der Waals surface area contributed by atoms with Crippen LogP contribution >= 0.6 is 11.6 Å². The van der Waals surface area contributed by atoms with Crippen LogP contribution in [0.5, 0.6) is 0 Å². The molecule has 1 atom stereocenters. The van der Waals surface area contributed by atoms with E-state index in [4.69, 9.17) is 11.6 Å². The van der Waals surface area contributed by atoms with Gasteiger partial charge in [0.15, 0.2) is 0 Å². The first-order valence-corrected chi connectivity index (χ1v) is 8.27. The molecule has 5 heteroatoms. The lowest BCUT2D eigenvalue weighted by Crippen LogP contribution is -2.47. The molecular formula is C18H20ClN3O. The average Bonchev–Trinajstić information content (AvgIpc) is 2.58. The molecule has 1 aromatic carbocycles. The molecule has 2 aromatic rings. The van der Waals surface area contributed by atoms with Crippen molar-refractivity contribution in [2.75, 3.05) is 13.1 Å². The fourth-order valence-electron chi connectivity index (χ4n) is 2.95. The van der Waals surface area contributed by atoms with Crippen LogP contribution in [-0.2, 0) is 6.54 Å². The van der Waals surface area contributed by atoms with Crippen molar-refractivity contribution in [3.05, 3.63) is 64.9 Å². The number of nitrogens with one attached hydrogen (secondary N) is 1. The molecule has 1 unspecified atom stereocenters. The standard InChI is InChI=1S/C18H20ClN3O/c19-17-8-2-1-5-15(17)12-22-10-4-7-16(13-22)21-18(23)14-6-3-9-20-11-14/h1-3,5-6,8-9,11,16H,4,7,10,12-13H2,(H,21,23). The summed E-state index contributed by atoms with van der Waals surface area (Å²) >= 11 is 6.24. The van der Waals surface area contributed by atoms with Crippen molar-refractivity contribution in [1.29, 1.82) is 0 Å². The summed E-state index contributed by atoms with van der Waals surface area (Å²) in [6, 6.07) is 11.7. The molecule has 0 radical (unpaired) electrons. The molecule has 0 bridgehead atoms. The van der Waals surface area contributed by atoms with Crippen LogP contribution in [0.4, 0.5) is 0 Å². The highest BCUT2D eigenvalue weighted by molar-refractivity contribution is 6.31. The second-order valence-corrected chi connectivity index (χ2v) is 6.29. The minimum absolute atomic E-state index is 0.0531. The third-order valence-electron chi connectivity index (χ3n) is 4.12. The van der Waals surface area contributed by atoms with E-state index in [1.54, 1.807) is 24.5 Å². The lowest BCUT2D eigenvalue weighted by molar-refractivity contribution is 0.0900. The number of pyridine rings is 1. The van der Waals surface area contributed by atoms with E-state index in [0.717, 1.165) is 43.1 Å². The first kappa shape index (κ1) is 16.0. The number of halogens is 1. The van der Waals surface area contributed by atoms with E-state index in [9.17, 15) is 4.79 Å². The Balaban J connectivity index is 1.58. The highest BCUT2D eigenvalue weighted by Crippen LogP contribution is 2.19. The van der Waals surface area contributed by atoms with Crippen LogP contribution in [0.25, 0.3) is 0 Å². The summed E-state index contributed by atoms with van der Waals surface area (Å²) in [6.07, 6.45) is 5.34. The number of aromatic nitrogens is 1. The predicted octanol–water partition coefficient (Wildman–Crippen LogP) is 3.13. The summed E-state index contributed by atoms with van der Waals surface area (Å²) in [4.78, 5) is 18.6. The maximum atomic E-state index is 12.2. The Labute approximate surface area is 141 Å². The van der Waals surface area contributed by atoms with Gasteiger partial charge < -0.3 is 5.32 Å². The monoisotopic (exact) mass is 329 g/mol. The van der Waals surface area contributed by atoms with E-state index >= 15 is 0 Å². The maximum Gasteiger partial charge on any atom is 0.253 e. The van der Waals surface area contributed by atoms with Crippen LogP contribution in [0.2, 0.25) is 5.02 Å². The van der Waals surface area contributed by atoms with Gasteiger partial charge in [0.2, 0.25) is 0 Å². The van der Waals surface area contributed by atoms with Gasteiger partial charge in [-0.15, -0.1) is 0 Å². The lowest BCUT2D eigenvalue weighted by Gasteiger charge is -2.33. The van der Waals surface area contributed by atoms with E-state index < -0.39 is 0 Å². The molecule has 3 rings (SSSR count). The first-order valence-electron chi connectivity index (χ1n) is 7.89. The molecule has 0 aliphatic carbocycles. The number of rotatable bonds is 4. The van der Waals surface area contributed by atoms with E-state index in [0.29, 0.717) is 5.56 Å². The second-order valence-electron chi connectivity index (χ2n) is 5.88. The fourth-order valence-corrected chi connectivity index (χ4v) is 3.15. The zero-order chi connectivity index (χ0) is 16.1. The first-order chi connectivity index (χ1) is 11.2. The lowest BCUT2D eigenvalue weighted by atomic mass is 10.0. The third kappa shape index (κ3) is 4.30. The molecule has 1 amide bonds. The van der Waals surface area contributed by atoms with Crippen molar-refractivity contribution in [2.45, 2.75) is 25.4 Å². The van der Waals surface area contributed by atoms with Gasteiger partial charge in [-0.1, -0.05) is 29.8 Å². The number of hydrogen-bond acceptors (Lipinski definition) is 3. The molecule has 0 saturated carbocycles. The smallest absolute Gasteiger partial charge is 0.253 e. The van der Waals surface area contributed by atoms with E-state index in [2.05, 4.69) is 21.3 Å². The summed E-state index contributed by atoms with van der Waals surface area (Å²) in [6.45, 7) is 2.70. The van der Waals surface area contributed by atoms with E-state index in [-0.39, 0.29) is 11.9 Å². The van der Waals surface area contributed by atoms with Gasteiger partial charge in [0.1, 0.15) is 0 Å². The second kappa shape index (κ2) is 7.57. The van der Waals surface area contributed by atoms with Crippen molar-refractivity contribution in [3.8, 4) is 0 Å². The van der Waals surface area contributed by atoms with Gasteiger partial charge in [-0.25, -0.2) is 0 Å². The van der Waals surface area contributed by atoms with Crippen molar-refractivity contribution in [2.24, 2.45) is 0 Å². The van der Waals surface area contributed by atoms with Gasteiger partial charge >= 0.3 is 0 Å². The molecule has 4 nitrogen and oxygen atoms in total. The number of carbonyl (C=O) groups excluding carboxylic acids is 1. The fraction of sp³-hybridized carbons (Fsp3) is 0.333. The van der Waals surface area contributed by atoms with E-state index in [1.165, 1.54) is 0 Å². The van der Waals surface area contributed by atoms with Gasteiger partial charge in [0.25, 0.3) is 5.91 Å². The summed E-state index contributed by atoms with van der Waals surface area (Å²) in [7, 11) is 0. The van der Waals surface area contributed by atoms with Crippen molar-refractivity contribution in [3.63, 3.8) is 0 Å².